The molecule has 1 amide bonds. The molecule has 0 aliphatic carbocycles. The summed E-state index contributed by atoms with van der Waals surface area (Å²) in [6.07, 6.45) is 1.12. The minimum absolute atomic E-state index is 0.124. The van der Waals surface area contributed by atoms with Gasteiger partial charge in [0.15, 0.2) is 9.84 Å². The molecule has 6 nitrogen and oxygen atoms in total. The van der Waals surface area contributed by atoms with Crippen LogP contribution in [0.3, 0.4) is 0 Å². The van der Waals surface area contributed by atoms with Crippen molar-refractivity contribution in [2.24, 2.45) is 0 Å². The third-order valence-corrected chi connectivity index (χ3v) is 6.66. The van der Waals surface area contributed by atoms with Crippen LogP contribution in [0.2, 0.25) is 0 Å². The van der Waals surface area contributed by atoms with Crippen LogP contribution < -0.4 is 4.74 Å². The zero-order chi connectivity index (χ0) is 17.2. The number of piperazine rings is 1. The minimum atomic E-state index is -2.85. The van der Waals surface area contributed by atoms with Gasteiger partial charge in [0.05, 0.1) is 25.0 Å². The summed E-state index contributed by atoms with van der Waals surface area (Å²) in [5.41, 5.74) is 0.977. The van der Waals surface area contributed by atoms with Gasteiger partial charge in [0.2, 0.25) is 5.91 Å². The molecule has 0 aromatic heterocycles. The molecule has 24 heavy (non-hydrogen) atoms. The average molecular weight is 352 g/mol. The Bertz CT molecular complexity index is 679. The van der Waals surface area contributed by atoms with Gasteiger partial charge in [-0.3, -0.25) is 9.69 Å². The summed E-state index contributed by atoms with van der Waals surface area (Å²) in [7, 11) is -1.23. The number of carbonyl (C=O) groups excluding carboxylic acids is 1. The quantitative estimate of drug-likeness (QED) is 0.793. The smallest absolute Gasteiger partial charge is 0.227 e. The first-order valence-electron chi connectivity index (χ1n) is 8.32. The van der Waals surface area contributed by atoms with Gasteiger partial charge in [-0.1, -0.05) is 12.1 Å². The highest BCUT2D eigenvalue weighted by molar-refractivity contribution is 7.91. The second-order valence-corrected chi connectivity index (χ2v) is 8.73. The van der Waals surface area contributed by atoms with Crippen LogP contribution in [0.1, 0.15) is 12.0 Å². The van der Waals surface area contributed by atoms with Gasteiger partial charge in [0.25, 0.3) is 0 Å². The molecule has 132 valence electrons. The Morgan fingerprint density at radius 3 is 2.38 bits per heavy atom. The van der Waals surface area contributed by atoms with E-state index in [1.807, 2.05) is 29.2 Å². The number of hydrogen-bond acceptors (Lipinski definition) is 5. The van der Waals surface area contributed by atoms with E-state index in [0.717, 1.165) is 30.8 Å². The predicted octanol–water partition coefficient (Wildman–Crippen LogP) is 0.569. The van der Waals surface area contributed by atoms with E-state index in [9.17, 15) is 13.2 Å². The van der Waals surface area contributed by atoms with E-state index in [0.29, 0.717) is 25.3 Å². The Labute approximate surface area is 143 Å². The van der Waals surface area contributed by atoms with E-state index in [1.54, 1.807) is 7.11 Å². The summed E-state index contributed by atoms with van der Waals surface area (Å²) in [4.78, 5) is 16.5. The Kier molecular flexibility index (Phi) is 5.10. The second kappa shape index (κ2) is 7.11. The maximum Gasteiger partial charge on any atom is 0.227 e. The van der Waals surface area contributed by atoms with E-state index in [4.69, 9.17) is 4.74 Å². The molecule has 1 atom stereocenters. The molecular weight excluding hydrogens is 328 g/mol. The Morgan fingerprint density at radius 2 is 1.83 bits per heavy atom. The maximum absolute atomic E-state index is 12.4. The highest BCUT2D eigenvalue weighted by Gasteiger charge is 2.34. The Hall–Kier alpha value is -1.60. The highest BCUT2D eigenvalue weighted by atomic mass is 32.2. The lowest BCUT2D eigenvalue weighted by Gasteiger charge is -2.37. The first-order chi connectivity index (χ1) is 11.5. The van der Waals surface area contributed by atoms with Gasteiger partial charge in [0, 0.05) is 32.2 Å². The Balaban J connectivity index is 1.49. The van der Waals surface area contributed by atoms with Crippen molar-refractivity contribution in [2.45, 2.75) is 18.9 Å². The SMILES string of the molecule is COc1ccc(CC(=O)N2CCN([C@H]3CCS(=O)(=O)C3)CC2)cc1. The van der Waals surface area contributed by atoms with Crippen molar-refractivity contribution in [2.75, 3.05) is 44.8 Å². The molecule has 0 saturated carbocycles. The summed E-state index contributed by atoms with van der Waals surface area (Å²) < 4.78 is 28.3. The summed E-state index contributed by atoms with van der Waals surface area (Å²) in [5.74, 6) is 1.48. The van der Waals surface area contributed by atoms with Crippen LogP contribution in [0, 0.1) is 0 Å². The fourth-order valence-electron chi connectivity index (χ4n) is 3.43. The first kappa shape index (κ1) is 17.2. The summed E-state index contributed by atoms with van der Waals surface area (Å²) in [6.45, 7) is 2.86. The molecule has 0 radical (unpaired) electrons. The van der Waals surface area contributed by atoms with Gasteiger partial charge in [-0.15, -0.1) is 0 Å². The standard InChI is InChI=1S/C17H24N2O4S/c1-23-16-4-2-14(3-5-16)12-17(20)19-9-7-18(8-10-19)15-6-11-24(21,22)13-15/h2-5,15H,6-13H2,1H3/t15-/m0/s1. The van der Waals surface area contributed by atoms with Crippen LogP contribution in [0.4, 0.5) is 0 Å². The average Bonchev–Trinajstić information content (AvgIpc) is 2.95. The van der Waals surface area contributed by atoms with Crippen molar-refractivity contribution in [3.63, 3.8) is 0 Å². The number of nitrogens with zero attached hydrogens (tertiary/aromatic N) is 2. The fourth-order valence-corrected chi connectivity index (χ4v) is 5.19. The number of hydrogen-bond donors (Lipinski definition) is 0. The number of ether oxygens (including phenoxy) is 1. The van der Waals surface area contributed by atoms with Crippen LogP contribution in [0.5, 0.6) is 5.75 Å². The molecule has 7 heteroatoms. The predicted molar refractivity (Wildman–Crippen MR) is 91.9 cm³/mol. The Morgan fingerprint density at radius 1 is 1.17 bits per heavy atom. The number of sulfone groups is 1. The molecule has 1 aromatic rings. The largest absolute Gasteiger partial charge is 0.497 e. The van der Waals surface area contributed by atoms with E-state index in [-0.39, 0.29) is 17.7 Å². The molecule has 2 aliphatic rings. The van der Waals surface area contributed by atoms with E-state index >= 15 is 0 Å². The molecule has 0 N–H and O–H groups in total. The third-order valence-electron chi connectivity index (χ3n) is 4.91. The highest BCUT2D eigenvalue weighted by Crippen LogP contribution is 2.19. The van der Waals surface area contributed by atoms with Gasteiger partial charge in [-0.2, -0.15) is 0 Å². The monoisotopic (exact) mass is 352 g/mol. The zero-order valence-electron chi connectivity index (χ0n) is 14.0. The molecule has 0 unspecified atom stereocenters. The van der Waals surface area contributed by atoms with Crippen molar-refractivity contribution in [1.82, 2.24) is 9.80 Å². The van der Waals surface area contributed by atoms with Crippen molar-refractivity contribution in [1.29, 1.82) is 0 Å². The van der Waals surface area contributed by atoms with E-state index < -0.39 is 9.84 Å². The lowest BCUT2D eigenvalue weighted by atomic mass is 10.1. The number of methoxy groups -OCH3 is 1. The van der Waals surface area contributed by atoms with Crippen LogP contribution in [0.15, 0.2) is 24.3 Å². The summed E-state index contributed by atoms with van der Waals surface area (Å²) in [5, 5.41) is 0. The lowest BCUT2D eigenvalue weighted by Crippen LogP contribution is -2.52. The third kappa shape index (κ3) is 4.08. The molecule has 2 fully saturated rings. The molecule has 2 saturated heterocycles. The topological polar surface area (TPSA) is 66.9 Å². The normalized spacial score (nSPS) is 24.0. The number of amides is 1. The van der Waals surface area contributed by atoms with Crippen molar-refractivity contribution in [3.8, 4) is 5.75 Å². The van der Waals surface area contributed by atoms with Gasteiger partial charge < -0.3 is 9.64 Å². The summed E-state index contributed by atoms with van der Waals surface area (Å²) >= 11 is 0. The second-order valence-electron chi connectivity index (χ2n) is 6.50. The molecule has 1 aromatic carbocycles. The van der Waals surface area contributed by atoms with E-state index in [1.165, 1.54) is 0 Å². The van der Waals surface area contributed by atoms with Crippen LogP contribution >= 0.6 is 0 Å². The van der Waals surface area contributed by atoms with Gasteiger partial charge in [-0.25, -0.2) is 8.42 Å². The maximum atomic E-state index is 12.4. The number of rotatable bonds is 4. The van der Waals surface area contributed by atoms with Crippen molar-refractivity contribution >= 4 is 15.7 Å². The zero-order valence-corrected chi connectivity index (χ0v) is 14.8. The van der Waals surface area contributed by atoms with Crippen LogP contribution in [-0.2, 0) is 21.1 Å². The fraction of sp³-hybridized carbons (Fsp3) is 0.588. The van der Waals surface area contributed by atoms with E-state index in [2.05, 4.69) is 4.90 Å². The lowest BCUT2D eigenvalue weighted by molar-refractivity contribution is -0.132. The molecular formula is C17H24N2O4S. The molecule has 2 heterocycles. The number of carbonyl (C=O) groups is 1. The number of benzene rings is 1. The summed E-state index contributed by atoms with van der Waals surface area (Å²) in [6, 6.07) is 7.68. The molecule has 2 aliphatic heterocycles. The molecule has 3 rings (SSSR count). The molecule has 0 bridgehead atoms. The van der Waals surface area contributed by atoms with Crippen molar-refractivity contribution in [3.05, 3.63) is 29.8 Å². The van der Waals surface area contributed by atoms with Crippen LogP contribution in [-0.4, -0.2) is 75.0 Å². The van der Waals surface area contributed by atoms with Crippen molar-refractivity contribution < 1.29 is 17.9 Å². The molecule has 0 spiro atoms. The van der Waals surface area contributed by atoms with Gasteiger partial charge in [-0.05, 0) is 24.1 Å². The van der Waals surface area contributed by atoms with Gasteiger partial charge >= 0.3 is 0 Å². The van der Waals surface area contributed by atoms with Gasteiger partial charge in [0.1, 0.15) is 5.75 Å². The minimum Gasteiger partial charge on any atom is -0.497 e. The van der Waals surface area contributed by atoms with Crippen LogP contribution in [0.25, 0.3) is 0 Å². The first-order valence-corrected chi connectivity index (χ1v) is 10.1.